The van der Waals surface area contributed by atoms with E-state index in [-0.39, 0.29) is 17.9 Å². The molecule has 1 saturated heterocycles. The highest BCUT2D eigenvalue weighted by Gasteiger charge is 2.51. The zero-order chi connectivity index (χ0) is 15.0. The van der Waals surface area contributed by atoms with Gasteiger partial charge in [0.25, 0.3) is 0 Å². The maximum atomic E-state index is 12.8. The van der Waals surface area contributed by atoms with Crippen molar-refractivity contribution in [2.24, 2.45) is 5.92 Å². The Morgan fingerprint density at radius 1 is 1.43 bits per heavy atom. The van der Waals surface area contributed by atoms with Gasteiger partial charge >= 0.3 is 0 Å². The summed E-state index contributed by atoms with van der Waals surface area (Å²) in [6.07, 6.45) is 6.12. The lowest BCUT2D eigenvalue weighted by Crippen LogP contribution is -2.69. The van der Waals surface area contributed by atoms with Crippen LogP contribution in [-0.2, 0) is 16.1 Å². The molecule has 3 rings (SSSR count). The van der Waals surface area contributed by atoms with Gasteiger partial charge < -0.3 is 10.2 Å². The Kier molecular flexibility index (Phi) is 3.43. The number of carbonyl (C=O) groups is 2. The Morgan fingerprint density at radius 3 is 2.76 bits per heavy atom. The number of piperazine rings is 1. The van der Waals surface area contributed by atoms with E-state index >= 15 is 0 Å². The third-order valence-electron chi connectivity index (χ3n) is 4.75. The van der Waals surface area contributed by atoms with Crippen LogP contribution in [0.3, 0.4) is 0 Å². The number of hydrogen-bond donors (Lipinski definition) is 1. The monoisotopic (exact) mass is 287 g/mol. The second kappa shape index (κ2) is 5.13. The van der Waals surface area contributed by atoms with Crippen molar-refractivity contribution in [3.63, 3.8) is 0 Å². The van der Waals surface area contributed by atoms with Crippen LogP contribution in [0, 0.1) is 5.92 Å². The van der Waals surface area contributed by atoms with E-state index in [0.29, 0.717) is 18.9 Å². The minimum atomic E-state index is -0.779. The third kappa shape index (κ3) is 2.41. The molecule has 5 heteroatoms. The zero-order valence-corrected chi connectivity index (χ0v) is 12.5. The molecule has 1 aromatic rings. The highest BCUT2D eigenvalue weighted by atomic mass is 16.2. The van der Waals surface area contributed by atoms with Gasteiger partial charge in [0, 0.05) is 18.9 Å². The lowest BCUT2D eigenvalue weighted by molar-refractivity contribution is -0.158. The van der Waals surface area contributed by atoms with Crippen LogP contribution in [0.5, 0.6) is 0 Å². The highest BCUT2D eigenvalue weighted by Crippen LogP contribution is 2.37. The average Bonchev–Trinajstić information content (AvgIpc) is 3.33. The van der Waals surface area contributed by atoms with Crippen molar-refractivity contribution in [2.45, 2.75) is 51.2 Å². The lowest BCUT2D eigenvalue weighted by atomic mass is 9.89. The summed E-state index contributed by atoms with van der Waals surface area (Å²) in [5.74, 6) is 0.329. The Bertz CT molecular complexity index is 556. The van der Waals surface area contributed by atoms with E-state index in [9.17, 15) is 9.59 Å². The smallest absolute Gasteiger partial charge is 0.246 e. The van der Waals surface area contributed by atoms with Crippen molar-refractivity contribution in [1.29, 1.82) is 0 Å². The van der Waals surface area contributed by atoms with Crippen LogP contribution in [0.4, 0.5) is 0 Å². The van der Waals surface area contributed by atoms with E-state index in [0.717, 1.165) is 18.4 Å². The van der Waals surface area contributed by atoms with Gasteiger partial charge in [-0.05, 0) is 43.7 Å². The molecular formula is C16H21N3O2. The number of pyridine rings is 1. The summed E-state index contributed by atoms with van der Waals surface area (Å²) in [7, 11) is 0. The number of hydrogen-bond acceptors (Lipinski definition) is 3. The zero-order valence-electron chi connectivity index (χ0n) is 12.5. The predicted octanol–water partition coefficient (Wildman–Crippen LogP) is 1.49. The minimum absolute atomic E-state index is 0.0367. The Morgan fingerprint density at radius 2 is 2.19 bits per heavy atom. The lowest BCUT2D eigenvalue weighted by Gasteiger charge is -2.46. The summed E-state index contributed by atoms with van der Waals surface area (Å²) in [4.78, 5) is 31.2. The second-order valence-corrected chi connectivity index (χ2v) is 6.20. The number of carbonyl (C=O) groups excluding carboxylic acids is 2. The summed E-state index contributed by atoms with van der Waals surface area (Å²) in [6.45, 7) is 4.23. The number of nitrogens with one attached hydrogen (secondary N) is 1. The van der Waals surface area contributed by atoms with Gasteiger partial charge in [-0.3, -0.25) is 14.6 Å². The minimum Gasteiger partial charge on any atom is -0.342 e. The van der Waals surface area contributed by atoms with E-state index in [1.165, 1.54) is 0 Å². The van der Waals surface area contributed by atoms with E-state index in [2.05, 4.69) is 10.3 Å². The summed E-state index contributed by atoms with van der Waals surface area (Å²) < 4.78 is 0. The van der Waals surface area contributed by atoms with Crippen LogP contribution >= 0.6 is 0 Å². The number of nitrogens with zero attached hydrogens (tertiary/aromatic N) is 2. The maximum Gasteiger partial charge on any atom is 0.246 e. The SMILES string of the molecule is CCC1(C)C(=O)NC(C2CC2)C(=O)N1Cc1cccnc1. The molecule has 2 fully saturated rings. The fraction of sp³-hybridized carbons (Fsp3) is 0.562. The van der Waals surface area contributed by atoms with Gasteiger partial charge in [0.05, 0.1) is 0 Å². The normalized spacial score (nSPS) is 29.4. The number of amides is 2. The van der Waals surface area contributed by atoms with Gasteiger partial charge in [-0.2, -0.15) is 0 Å². The number of aromatic nitrogens is 1. The summed E-state index contributed by atoms with van der Waals surface area (Å²) >= 11 is 0. The predicted molar refractivity (Wildman–Crippen MR) is 78.1 cm³/mol. The molecule has 0 radical (unpaired) electrons. The Hall–Kier alpha value is -1.91. The molecule has 2 atom stereocenters. The van der Waals surface area contributed by atoms with Gasteiger partial charge in [-0.25, -0.2) is 0 Å². The van der Waals surface area contributed by atoms with Gasteiger partial charge in [0.15, 0.2) is 0 Å². The molecule has 2 heterocycles. The molecule has 0 aromatic carbocycles. The van der Waals surface area contributed by atoms with Crippen molar-refractivity contribution in [1.82, 2.24) is 15.2 Å². The van der Waals surface area contributed by atoms with E-state index in [1.807, 2.05) is 26.0 Å². The second-order valence-electron chi connectivity index (χ2n) is 6.20. The van der Waals surface area contributed by atoms with Crippen molar-refractivity contribution < 1.29 is 9.59 Å². The first kappa shape index (κ1) is 14.0. The molecular weight excluding hydrogens is 266 g/mol. The third-order valence-corrected chi connectivity index (χ3v) is 4.75. The average molecular weight is 287 g/mol. The molecule has 0 spiro atoms. The van der Waals surface area contributed by atoms with E-state index < -0.39 is 5.54 Å². The first-order chi connectivity index (χ1) is 10.1. The standard InChI is InChI=1S/C16H21N3O2/c1-3-16(2)15(21)18-13(12-6-7-12)14(20)19(16)10-11-5-4-8-17-9-11/h4-5,8-9,12-13H,3,6-7,10H2,1-2H3,(H,18,21). The fourth-order valence-electron chi connectivity index (χ4n) is 2.92. The summed E-state index contributed by atoms with van der Waals surface area (Å²) in [5.41, 5.74) is 0.174. The van der Waals surface area contributed by atoms with Crippen LogP contribution in [0.25, 0.3) is 0 Å². The summed E-state index contributed by atoms with van der Waals surface area (Å²) in [5, 5.41) is 2.94. The van der Waals surface area contributed by atoms with Crippen LogP contribution in [0.2, 0.25) is 0 Å². The van der Waals surface area contributed by atoms with Crippen molar-refractivity contribution in [2.75, 3.05) is 0 Å². The molecule has 0 bridgehead atoms. The van der Waals surface area contributed by atoms with Crippen molar-refractivity contribution in [3.05, 3.63) is 30.1 Å². The van der Waals surface area contributed by atoms with Crippen molar-refractivity contribution in [3.8, 4) is 0 Å². The Balaban J connectivity index is 1.90. The van der Waals surface area contributed by atoms with Crippen LogP contribution in [-0.4, -0.2) is 33.3 Å². The molecule has 2 aliphatic rings. The number of rotatable bonds is 4. The molecule has 1 aliphatic carbocycles. The van der Waals surface area contributed by atoms with E-state index in [4.69, 9.17) is 0 Å². The first-order valence-corrected chi connectivity index (χ1v) is 7.57. The maximum absolute atomic E-state index is 12.8. The van der Waals surface area contributed by atoms with Gasteiger partial charge in [-0.15, -0.1) is 0 Å². The van der Waals surface area contributed by atoms with Gasteiger partial charge in [-0.1, -0.05) is 13.0 Å². The van der Waals surface area contributed by atoms with Gasteiger partial charge in [0.2, 0.25) is 11.8 Å². The van der Waals surface area contributed by atoms with Crippen LogP contribution in [0.15, 0.2) is 24.5 Å². The topological polar surface area (TPSA) is 62.3 Å². The molecule has 2 amide bonds. The van der Waals surface area contributed by atoms with Crippen LogP contribution < -0.4 is 5.32 Å². The Labute approximate surface area is 124 Å². The largest absolute Gasteiger partial charge is 0.342 e. The quantitative estimate of drug-likeness (QED) is 0.912. The molecule has 5 nitrogen and oxygen atoms in total. The highest BCUT2D eigenvalue weighted by molar-refractivity contribution is 5.99. The molecule has 2 unspecified atom stereocenters. The molecule has 1 aromatic heterocycles. The summed E-state index contributed by atoms with van der Waals surface area (Å²) in [6, 6.07) is 3.45. The van der Waals surface area contributed by atoms with Crippen LogP contribution in [0.1, 0.15) is 38.7 Å². The van der Waals surface area contributed by atoms with E-state index in [1.54, 1.807) is 17.3 Å². The molecule has 1 saturated carbocycles. The fourth-order valence-corrected chi connectivity index (χ4v) is 2.92. The first-order valence-electron chi connectivity index (χ1n) is 7.57. The molecule has 1 N–H and O–H groups in total. The van der Waals surface area contributed by atoms with Crippen molar-refractivity contribution >= 4 is 11.8 Å². The molecule has 112 valence electrons. The molecule has 1 aliphatic heterocycles. The molecule has 21 heavy (non-hydrogen) atoms. The van der Waals surface area contributed by atoms with Gasteiger partial charge in [0.1, 0.15) is 11.6 Å².